The SMILES string of the molecule is CC.COC(=O)c1ccc2nc(CN3CCC(n4ccc(OCc5ccc(Cl)cc5)n4)CC3)[nH]c2c1.C[C@@H]1CCO1. The lowest BCUT2D eigenvalue weighted by atomic mass is 10.1. The molecular weight excluding hydrogens is 542 g/mol. The van der Waals surface area contributed by atoms with Gasteiger partial charge < -0.3 is 19.2 Å². The number of fused-ring (bicyclic) bond motifs is 1. The van der Waals surface area contributed by atoms with Crippen LogP contribution < -0.4 is 4.74 Å². The maximum absolute atomic E-state index is 11.8. The van der Waals surface area contributed by atoms with Crippen molar-refractivity contribution in [2.45, 2.75) is 65.3 Å². The second kappa shape index (κ2) is 15.0. The molecular formula is C31H40ClN5O4. The Hall–Kier alpha value is -3.40. The van der Waals surface area contributed by atoms with E-state index in [4.69, 9.17) is 25.8 Å². The molecule has 41 heavy (non-hydrogen) atoms. The van der Waals surface area contributed by atoms with Gasteiger partial charge >= 0.3 is 5.97 Å². The molecule has 2 saturated heterocycles. The summed E-state index contributed by atoms with van der Waals surface area (Å²) in [5, 5.41) is 5.34. The predicted octanol–water partition coefficient (Wildman–Crippen LogP) is 6.44. The van der Waals surface area contributed by atoms with E-state index in [1.165, 1.54) is 13.5 Å². The first-order valence-electron chi connectivity index (χ1n) is 14.3. The summed E-state index contributed by atoms with van der Waals surface area (Å²) in [4.78, 5) is 22.2. The number of likely N-dealkylation sites (tertiary alicyclic amines) is 1. The highest BCUT2D eigenvalue weighted by Crippen LogP contribution is 2.25. The molecule has 9 nitrogen and oxygen atoms in total. The molecule has 1 N–H and O–H groups in total. The van der Waals surface area contributed by atoms with Crippen molar-refractivity contribution in [1.29, 1.82) is 0 Å². The van der Waals surface area contributed by atoms with Crippen LogP contribution in [0.3, 0.4) is 0 Å². The number of imidazole rings is 1. The van der Waals surface area contributed by atoms with Gasteiger partial charge in [0.1, 0.15) is 12.4 Å². The number of aromatic nitrogens is 4. The second-order valence-corrected chi connectivity index (χ2v) is 10.4. The average molecular weight is 582 g/mol. The summed E-state index contributed by atoms with van der Waals surface area (Å²) in [6.07, 6.45) is 5.83. The summed E-state index contributed by atoms with van der Waals surface area (Å²) < 4.78 is 17.6. The van der Waals surface area contributed by atoms with Gasteiger partial charge in [0.15, 0.2) is 0 Å². The summed E-state index contributed by atoms with van der Waals surface area (Å²) in [6, 6.07) is 15.3. The van der Waals surface area contributed by atoms with E-state index < -0.39 is 0 Å². The van der Waals surface area contributed by atoms with Crippen LogP contribution in [-0.4, -0.2) is 63.5 Å². The van der Waals surface area contributed by atoms with Crippen molar-refractivity contribution in [2.24, 2.45) is 0 Å². The fourth-order valence-corrected chi connectivity index (χ4v) is 4.75. The molecule has 1 atom stereocenters. The van der Waals surface area contributed by atoms with Crippen LogP contribution >= 0.6 is 11.6 Å². The zero-order valence-corrected chi connectivity index (χ0v) is 25.1. The molecule has 0 saturated carbocycles. The largest absolute Gasteiger partial charge is 0.472 e. The third-order valence-electron chi connectivity index (χ3n) is 7.07. The zero-order chi connectivity index (χ0) is 29.2. The van der Waals surface area contributed by atoms with Gasteiger partial charge in [-0.15, -0.1) is 5.10 Å². The standard InChI is InChI=1S/C25H26ClN5O3.C4H8O.C2H6/c1-33-25(32)18-4-7-21-22(14-18)28-23(27-21)15-30-11-8-20(9-12-30)31-13-10-24(29-31)34-16-17-2-5-19(26)6-3-17;1-4-2-3-5-4;1-2/h2-7,10,13-14,20H,8-9,11-12,15-16H2,1H3,(H,27,28);4H,2-3H2,1H3;1-2H3/t;4-;/m.1./s1. The van der Waals surface area contributed by atoms with Crippen LogP contribution in [0.4, 0.5) is 0 Å². The van der Waals surface area contributed by atoms with Gasteiger partial charge in [0.25, 0.3) is 0 Å². The minimum Gasteiger partial charge on any atom is -0.472 e. The molecule has 2 aliphatic heterocycles. The van der Waals surface area contributed by atoms with Gasteiger partial charge in [0.2, 0.25) is 5.88 Å². The average Bonchev–Trinajstić information content (AvgIpc) is 3.63. The van der Waals surface area contributed by atoms with Crippen LogP contribution in [0.15, 0.2) is 54.7 Å². The first kappa shape index (κ1) is 30.6. The lowest BCUT2D eigenvalue weighted by Crippen LogP contribution is -2.34. The van der Waals surface area contributed by atoms with Gasteiger partial charge in [-0.3, -0.25) is 9.58 Å². The number of ether oxygens (including phenoxy) is 3. The molecule has 0 bridgehead atoms. The third kappa shape index (κ3) is 8.55. The van der Waals surface area contributed by atoms with Crippen LogP contribution in [0.1, 0.15) is 67.8 Å². The Morgan fingerprint density at radius 1 is 1.10 bits per heavy atom. The van der Waals surface area contributed by atoms with Crippen molar-refractivity contribution in [3.8, 4) is 5.88 Å². The van der Waals surface area contributed by atoms with Gasteiger partial charge in [0.05, 0.1) is 42.4 Å². The van der Waals surface area contributed by atoms with E-state index in [1.54, 1.807) is 12.1 Å². The maximum Gasteiger partial charge on any atom is 0.337 e. The Kier molecular flexibility index (Phi) is 11.2. The van der Waals surface area contributed by atoms with Crippen LogP contribution in [0.2, 0.25) is 5.02 Å². The molecule has 2 aromatic carbocycles. The van der Waals surface area contributed by atoms with E-state index in [1.807, 2.05) is 61.1 Å². The normalized spacial score (nSPS) is 17.0. The molecule has 0 aliphatic carbocycles. The summed E-state index contributed by atoms with van der Waals surface area (Å²) >= 11 is 5.93. The molecule has 220 valence electrons. The molecule has 2 aliphatic rings. The lowest BCUT2D eigenvalue weighted by Gasteiger charge is -2.31. The first-order chi connectivity index (χ1) is 20.0. The Balaban J connectivity index is 0.000000492. The number of esters is 1. The Bertz CT molecular complexity index is 1370. The van der Waals surface area contributed by atoms with Crippen molar-refractivity contribution >= 4 is 28.6 Å². The molecule has 0 radical (unpaired) electrons. The highest BCUT2D eigenvalue weighted by Gasteiger charge is 2.22. The number of hydrogen-bond donors (Lipinski definition) is 1. The molecule has 6 rings (SSSR count). The summed E-state index contributed by atoms with van der Waals surface area (Å²) in [7, 11) is 1.38. The topological polar surface area (TPSA) is 94.5 Å². The number of piperidine rings is 1. The van der Waals surface area contributed by atoms with Crippen LogP contribution in [0, 0.1) is 0 Å². The number of H-pyrrole nitrogens is 1. The molecule has 0 amide bonds. The van der Waals surface area contributed by atoms with Gasteiger partial charge in [-0.1, -0.05) is 37.6 Å². The quantitative estimate of drug-likeness (QED) is 0.251. The number of carbonyl (C=O) groups excluding carboxylic acids is 1. The molecule has 2 aromatic heterocycles. The number of carbonyl (C=O) groups is 1. The molecule has 4 heterocycles. The number of halogens is 1. The molecule has 10 heteroatoms. The van der Waals surface area contributed by atoms with Crippen molar-refractivity contribution in [3.05, 3.63) is 76.7 Å². The third-order valence-corrected chi connectivity index (χ3v) is 7.32. The molecule has 2 fully saturated rings. The van der Waals surface area contributed by atoms with E-state index in [0.29, 0.717) is 35.2 Å². The van der Waals surface area contributed by atoms with Gasteiger partial charge in [-0.05, 0) is 62.1 Å². The van der Waals surface area contributed by atoms with E-state index in [2.05, 4.69) is 26.9 Å². The lowest BCUT2D eigenvalue weighted by molar-refractivity contribution is -0.0375. The number of benzene rings is 2. The van der Waals surface area contributed by atoms with E-state index in [9.17, 15) is 4.79 Å². The van der Waals surface area contributed by atoms with Crippen LogP contribution in [0.5, 0.6) is 5.88 Å². The number of nitrogens with zero attached hydrogens (tertiary/aromatic N) is 4. The fraction of sp³-hybridized carbons (Fsp3) is 0.452. The number of rotatable bonds is 7. The van der Waals surface area contributed by atoms with Gasteiger partial charge in [-0.2, -0.15) is 0 Å². The fourth-order valence-electron chi connectivity index (χ4n) is 4.63. The van der Waals surface area contributed by atoms with Crippen molar-refractivity contribution in [2.75, 3.05) is 26.8 Å². The Morgan fingerprint density at radius 3 is 2.44 bits per heavy atom. The Labute approximate surface area is 246 Å². The molecule has 0 spiro atoms. The van der Waals surface area contributed by atoms with Crippen molar-refractivity contribution < 1.29 is 19.0 Å². The number of nitrogens with one attached hydrogen (secondary N) is 1. The van der Waals surface area contributed by atoms with Crippen molar-refractivity contribution in [3.63, 3.8) is 0 Å². The predicted molar refractivity (Wildman–Crippen MR) is 160 cm³/mol. The first-order valence-corrected chi connectivity index (χ1v) is 14.7. The summed E-state index contributed by atoms with van der Waals surface area (Å²) in [5.74, 6) is 1.18. The minimum atomic E-state index is -0.350. The summed E-state index contributed by atoms with van der Waals surface area (Å²) in [6.45, 7) is 10.2. The molecule has 4 aromatic rings. The maximum atomic E-state index is 11.8. The van der Waals surface area contributed by atoms with E-state index in [0.717, 1.165) is 61.5 Å². The van der Waals surface area contributed by atoms with Crippen molar-refractivity contribution in [1.82, 2.24) is 24.6 Å². The Morgan fingerprint density at radius 2 is 1.80 bits per heavy atom. The smallest absolute Gasteiger partial charge is 0.337 e. The van der Waals surface area contributed by atoms with E-state index >= 15 is 0 Å². The highest BCUT2D eigenvalue weighted by molar-refractivity contribution is 6.30. The monoisotopic (exact) mass is 581 g/mol. The number of hydrogen-bond acceptors (Lipinski definition) is 7. The number of aromatic amines is 1. The second-order valence-electron chi connectivity index (χ2n) is 9.93. The zero-order valence-electron chi connectivity index (χ0n) is 24.3. The van der Waals surface area contributed by atoms with Crippen LogP contribution in [-0.2, 0) is 22.6 Å². The minimum absolute atomic E-state index is 0.349. The van der Waals surface area contributed by atoms with Crippen LogP contribution in [0.25, 0.3) is 11.0 Å². The summed E-state index contributed by atoms with van der Waals surface area (Å²) in [5.41, 5.74) is 3.26. The van der Waals surface area contributed by atoms with E-state index in [-0.39, 0.29) is 5.97 Å². The number of methoxy groups -OCH3 is 1. The van der Waals surface area contributed by atoms with Gasteiger partial charge in [-0.25, -0.2) is 9.78 Å². The molecule has 0 unspecified atom stereocenters. The highest BCUT2D eigenvalue weighted by atomic mass is 35.5. The van der Waals surface area contributed by atoms with Gasteiger partial charge in [0, 0.05) is 37.0 Å².